The summed E-state index contributed by atoms with van der Waals surface area (Å²) in [6.45, 7) is 6.99. The maximum atomic E-state index is 3.86. The molecule has 2 nitrogen and oxygen atoms in total. The monoisotopic (exact) mass is 530 g/mol. The summed E-state index contributed by atoms with van der Waals surface area (Å²) in [5, 5.41) is 4.00. The third-order valence-electron chi connectivity index (χ3n) is 9.27. The Balaban J connectivity index is 1.35. The van der Waals surface area contributed by atoms with Crippen LogP contribution in [0.2, 0.25) is 0 Å². The van der Waals surface area contributed by atoms with Gasteiger partial charge >= 0.3 is 0 Å². The van der Waals surface area contributed by atoms with Crippen LogP contribution in [0, 0.1) is 6.92 Å². The van der Waals surface area contributed by atoms with Crippen molar-refractivity contribution in [2.24, 2.45) is 0 Å². The smallest absolute Gasteiger partial charge is 0.198 e. The molecule has 4 heteroatoms. The van der Waals surface area contributed by atoms with Crippen LogP contribution in [-0.2, 0) is 5.41 Å². The number of benzene rings is 5. The first-order chi connectivity index (χ1) is 19.5. The molecule has 0 aliphatic carbocycles. The average molecular weight is 531 g/mol. The Bertz CT molecular complexity index is 2200. The molecule has 9 rings (SSSR count). The molecule has 2 aliphatic rings. The van der Waals surface area contributed by atoms with Gasteiger partial charge in [0.05, 0.1) is 11.2 Å². The third-order valence-corrected chi connectivity index (χ3v) is 10.4. The van der Waals surface area contributed by atoms with E-state index >= 15 is 0 Å². The molecule has 2 aromatic heterocycles. The van der Waals surface area contributed by atoms with Gasteiger partial charge in [-0.05, 0) is 52.8 Å². The molecule has 0 amide bonds. The molecule has 0 unspecified atom stereocenters. The van der Waals surface area contributed by atoms with E-state index in [0.29, 0.717) is 0 Å². The fourth-order valence-corrected chi connectivity index (χ4v) is 8.58. The summed E-state index contributed by atoms with van der Waals surface area (Å²) in [4.78, 5) is 7.67. The van der Waals surface area contributed by atoms with Gasteiger partial charge in [-0.15, -0.1) is 11.3 Å². The Labute approximate surface area is 238 Å². The number of nitrogens with zero attached hydrogens (tertiary/aromatic N) is 1. The van der Waals surface area contributed by atoms with Crippen molar-refractivity contribution in [2.45, 2.75) is 26.2 Å². The number of hydrogen-bond acceptors (Lipinski definition) is 2. The van der Waals surface area contributed by atoms with Gasteiger partial charge in [0.2, 0.25) is 0 Å². The predicted molar refractivity (Wildman–Crippen MR) is 175 cm³/mol. The largest absolute Gasteiger partial charge is 0.346 e. The maximum absolute atomic E-state index is 3.86. The van der Waals surface area contributed by atoms with Gasteiger partial charge in [0, 0.05) is 43.2 Å². The molecule has 4 heterocycles. The number of hydrogen-bond donors (Lipinski definition) is 1. The van der Waals surface area contributed by atoms with Crippen LogP contribution >= 0.6 is 11.3 Å². The highest BCUT2D eigenvalue weighted by molar-refractivity contribution is 7.25. The first kappa shape index (κ1) is 22.5. The molecule has 40 heavy (non-hydrogen) atoms. The van der Waals surface area contributed by atoms with E-state index in [1.54, 1.807) is 0 Å². The lowest BCUT2D eigenvalue weighted by molar-refractivity contribution is 0.632. The molecule has 7 aromatic rings. The minimum Gasteiger partial charge on any atom is -0.346 e. The van der Waals surface area contributed by atoms with E-state index in [1.165, 1.54) is 87.0 Å². The number of aromatic amines is 1. The van der Waals surface area contributed by atoms with E-state index < -0.39 is 0 Å². The molecule has 5 aromatic carbocycles. The number of H-pyrrole nitrogens is 1. The third kappa shape index (κ3) is 2.79. The lowest BCUT2D eigenvalue weighted by Gasteiger charge is -2.46. The number of aromatic nitrogens is 1. The lowest BCUT2D eigenvalue weighted by Crippen LogP contribution is -2.45. The van der Waals surface area contributed by atoms with Gasteiger partial charge in [-0.3, -0.25) is 0 Å². The van der Waals surface area contributed by atoms with Gasteiger partial charge in [0.1, 0.15) is 4.83 Å². The highest BCUT2D eigenvalue weighted by Gasteiger charge is 2.40. The summed E-state index contributed by atoms with van der Waals surface area (Å²) >= 11 is 1.86. The molecule has 0 radical (unpaired) electrons. The van der Waals surface area contributed by atoms with Crippen molar-refractivity contribution in [2.75, 3.05) is 4.90 Å². The van der Waals surface area contributed by atoms with Crippen LogP contribution < -0.4 is 15.8 Å². The summed E-state index contributed by atoms with van der Waals surface area (Å²) in [6, 6.07) is 36.3. The lowest BCUT2D eigenvalue weighted by atomic mass is 9.56. The van der Waals surface area contributed by atoms with E-state index in [2.05, 4.69) is 128 Å². The van der Waals surface area contributed by atoms with Crippen LogP contribution in [0.3, 0.4) is 0 Å². The number of nitrogens with one attached hydrogen (secondary N) is 1. The Kier molecular flexibility index (Phi) is 4.32. The summed E-state index contributed by atoms with van der Waals surface area (Å²) < 4.78 is 1.34. The molecule has 0 saturated heterocycles. The van der Waals surface area contributed by atoms with Gasteiger partial charge in [0.15, 0.2) is 7.28 Å². The van der Waals surface area contributed by atoms with E-state index in [-0.39, 0.29) is 5.41 Å². The fraction of sp³-hybridized carbons (Fsp3) is 0.111. The molecule has 1 N–H and O–H groups in total. The summed E-state index contributed by atoms with van der Waals surface area (Å²) in [7, 11) is 0.928. The predicted octanol–water partition coefficient (Wildman–Crippen LogP) is 8.32. The normalized spacial score (nSPS) is 14.7. The van der Waals surface area contributed by atoms with Crippen molar-refractivity contribution in [3.8, 4) is 11.1 Å². The van der Waals surface area contributed by atoms with Gasteiger partial charge in [-0.1, -0.05) is 98.2 Å². The molecule has 2 aliphatic heterocycles. The van der Waals surface area contributed by atoms with Crippen LogP contribution in [0.1, 0.15) is 30.5 Å². The van der Waals surface area contributed by atoms with Crippen molar-refractivity contribution < 1.29 is 0 Å². The molecule has 190 valence electrons. The number of aryl methyl sites for hydroxylation is 1. The van der Waals surface area contributed by atoms with Crippen LogP contribution in [0.4, 0.5) is 17.1 Å². The van der Waals surface area contributed by atoms with Crippen molar-refractivity contribution in [3.63, 3.8) is 0 Å². The second-order valence-electron chi connectivity index (χ2n) is 11.9. The average Bonchev–Trinajstić information content (AvgIpc) is 3.51. The number of anilines is 3. The summed E-state index contributed by atoms with van der Waals surface area (Å²) in [6.07, 6.45) is 0. The van der Waals surface area contributed by atoms with Crippen LogP contribution in [0.15, 0.2) is 97.1 Å². The molecule has 0 fully saturated rings. The second-order valence-corrected chi connectivity index (χ2v) is 13.0. The number of para-hydroxylation sites is 3. The second kappa shape index (κ2) is 7.68. The summed E-state index contributed by atoms with van der Waals surface area (Å²) in [5.41, 5.74) is 14.7. The van der Waals surface area contributed by atoms with E-state index in [9.17, 15) is 0 Å². The fourth-order valence-electron chi connectivity index (χ4n) is 7.46. The number of rotatable bonds is 1. The van der Waals surface area contributed by atoms with E-state index in [4.69, 9.17) is 0 Å². The highest BCUT2D eigenvalue weighted by Crippen LogP contribution is 2.52. The first-order valence-electron chi connectivity index (χ1n) is 14.1. The van der Waals surface area contributed by atoms with Crippen molar-refractivity contribution in [1.82, 2.24) is 4.98 Å². The Morgan fingerprint density at radius 3 is 2.45 bits per heavy atom. The Morgan fingerprint density at radius 1 is 0.750 bits per heavy atom. The standard InChI is InChI=1S/C36H27BN2S/c1-20-18-24(21-11-8-12-23-31-22-10-4-7-17-30(22)40-35(31)38-33(21)23)32-29(19-20)39-28-16-6-5-13-25(28)36(2,3)26-14-9-15-27(37-32)34(26)39/h4-19,37-38H,1-3H3. The maximum Gasteiger partial charge on any atom is 0.198 e. The molecule has 0 saturated carbocycles. The van der Waals surface area contributed by atoms with Gasteiger partial charge in [0.25, 0.3) is 0 Å². The molecular formula is C36H27BN2S. The van der Waals surface area contributed by atoms with Crippen LogP contribution in [-0.4, -0.2) is 12.3 Å². The quantitative estimate of drug-likeness (QED) is 0.212. The first-order valence-corrected chi connectivity index (χ1v) is 14.9. The topological polar surface area (TPSA) is 19.0 Å². The number of fused-ring (bicyclic) bond motifs is 9. The van der Waals surface area contributed by atoms with E-state index in [0.717, 1.165) is 7.28 Å². The SMILES string of the molecule is Cc1cc(-c2cccc3c2[nH]c2sc4ccccc4c23)c2c(c1)N1c3ccccc3C(C)(C)c3cccc(c31)B2. The highest BCUT2D eigenvalue weighted by atomic mass is 32.1. The van der Waals surface area contributed by atoms with Gasteiger partial charge in [-0.2, -0.15) is 0 Å². The molecule has 0 spiro atoms. The zero-order valence-electron chi connectivity index (χ0n) is 22.8. The van der Waals surface area contributed by atoms with Crippen molar-refractivity contribution in [3.05, 3.63) is 114 Å². The molecule has 0 atom stereocenters. The zero-order valence-corrected chi connectivity index (χ0v) is 23.6. The van der Waals surface area contributed by atoms with Crippen LogP contribution in [0.25, 0.3) is 42.3 Å². The van der Waals surface area contributed by atoms with Gasteiger partial charge < -0.3 is 9.88 Å². The molecular weight excluding hydrogens is 503 g/mol. The Hall–Kier alpha value is -4.28. The summed E-state index contributed by atoms with van der Waals surface area (Å²) in [5.74, 6) is 0. The minimum absolute atomic E-state index is 0.0487. The van der Waals surface area contributed by atoms with E-state index in [1.807, 2.05) is 11.3 Å². The Morgan fingerprint density at radius 2 is 1.52 bits per heavy atom. The number of thiophene rings is 1. The van der Waals surface area contributed by atoms with Crippen molar-refractivity contribution in [1.29, 1.82) is 0 Å². The molecule has 0 bridgehead atoms. The van der Waals surface area contributed by atoms with Crippen LogP contribution in [0.5, 0.6) is 0 Å². The zero-order chi connectivity index (χ0) is 26.7. The van der Waals surface area contributed by atoms with Crippen molar-refractivity contribution >= 4 is 77.8 Å². The minimum atomic E-state index is -0.0487. The van der Waals surface area contributed by atoms with Gasteiger partial charge in [-0.25, -0.2) is 0 Å².